The van der Waals surface area contributed by atoms with E-state index in [1.807, 2.05) is 0 Å². The molecule has 2 atom stereocenters. The zero-order valence-corrected chi connectivity index (χ0v) is 11.0. The Kier molecular flexibility index (Phi) is 7.19. The normalized spacial score (nSPS) is 16.8. The van der Waals surface area contributed by atoms with Crippen LogP contribution in [-0.4, -0.2) is 0 Å². The molecule has 0 fully saturated rings. The van der Waals surface area contributed by atoms with Crippen LogP contribution in [-0.2, 0) is 4.74 Å². The molecule has 0 heterocycles. The van der Waals surface area contributed by atoms with Gasteiger partial charge in [-0.25, -0.2) is 0 Å². The predicted octanol–water partition coefficient (Wildman–Crippen LogP) is 4.61. The van der Waals surface area contributed by atoms with Gasteiger partial charge in [0.25, 0.3) is 0 Å². The topological polar surface area (TPSA) is 9.23 Å². The van der Waals surface area contributed by atoms with Gasteiger partial charge in [0.15, 0.2) is 0 Å². The number of hydrogen-bond acceptors (Lipinski definition) is 1. The molecule has 88 valence electrons. The van der Waals surface area contributed by atoms with Gasteiger partial charge in [-0.05, 0) is 35.8 Å². The summed E-state index contributed by atoms with van der Waals surface area (Å²) in [4.78, 5) is 0. The molecule has 0 saturated heterocycles. The van der Waals surface area contributed by atoms with Crippen molar-refractivity contribution in [2.24, 2.45) is 23.7 Å². The van der Waals surface area contributed by atoms with Crippen molar-refractivity contribution in [1.29, 1.82) is 0 Å². The van der Waals surface area contributed by atoms with Crippen LogP contribution in [0.3, 0.4) is 0 Å². The van der Waals surface area contributed by atoms with Crippen molar-refractivity contribution in [3.8, 4) is 0 Å². The van der Waals surface area contributed by atoms with E-state index in [0.29, 0.717) is 23.7 Å². The standard InChI is InChI=1S/C14H26O/c1-11(2)13(5)7-9-15-10-8-14(6)12(3)4/h7-14H,1-6H3/b9-7+,10-8+. The minimum atomic E-state index is 0.570. The largest absolute Gasteiger partial charge is 0.473 e. The first-order chi connectivity index (χ1) is 6.95. The number of ether oxygens (including phenoxy) is 1. The van der Waals surface area contributed by atoms with Crippen molar-refractivity contribution < 1.29 is 4.74 Å². The fraction of sp³-hybridized carbons (Fsp3) is 0.714. The van der Waals surface area contributed by atoms with E-state index in [1.165, 1.54) is 0 Å². The summed E-state index contributed by atoms with van der Waals surface area (Å²) in [5, 5.41) is 0. The van der Waals surface area contributed by atoms with Gasteiger partial charge >= 0.3 is 0 Å². The Bertz CT molecular complexity index is 179. The second-order valence-corrected chi connectivity index (χ2v) is 5.00. The van der Waals surface area contributed by atoms with E-state index >= 15 is 0 Å². The highest BCUT2D eigenvalue weighted by Crippen LogP contribution is 2.12. The minimum absolute atomic E-state index is 0.570. The van der Waals surface area contributed by atoms with Crippen molar-refractivity contribution in [3.05, 3.63) is 24.7 Å². The molecule has 1 heteroatoms. The lowest BCUT2D eigenvalue weighted by atomic mass is 9.98. The summed E-state index contributed by atoms with van der Waals surface area (Å²) in [6.45, 7) is 13.3. The van der Waals surface area contributed by atoms with Gasteiger partial charge in [-0.2, -0.15) is 0 Å². The molecule has 2 unspecified atom stereocenters. The molecule has 0 aliphatic rings. The van der Waals surface area contributed by atoms with Crippen LogP contribution < -0.4 is 0 Å². The summed E-state index contributed by atoms with van der Waals surface area (Å²) in [5.74, 6) is 2.48. The van der Waals surface area contributed by atoms with Gasteiger partial charge < -0.3 is 4.74 Å². The lowest BCUT2D eigenvalue weighted by molar-refractivity contribution is 0.380. The number of rotatable bonds is 6. The molecule has 0 rings (SSSR count). The van der Waals surface area contributed by atoms with Crippen molar-refractivity contribution in [2.75, 3.05) is 0 Å². The first kappa shape index (κ1) is 14.3. The van der Waals surface area contributed by atoms with Crippen LogP contribution >= 0.6 is 0 Å². The quantitative estimate of drug-likeness (QED) is 0.581. The second kappa shape index (κ2) is 7.56. The van der Waals surface area contributed by atoms with Crippen LogP contribution in [0.25, 0.3) is 0 Å². The van der Waals surface area contributed by atoms with Gasteiger partial charge in [-0.15, -0.1) is 0 Å². The Hall–Kier alpha value is -0.720. The summed E-state index contributed by atoms with van der Waals surface area (Å²) in [6.07, 6.45) is 7.78. The van der Waals surface area contributed by atoms with E-state index < -0.39 is 0 Å². The number of allylic oxidation sites excluding steroid dienone is 2. The molecule has 0 aromatic heterocycles. The lowest BCUT2D eigenvalue weighted by Gasteiger charge is -2.10. The molecule has 0 spiro atoms. The molecule has 15 heavy (non-hydrogen) atoms. The Morgan fingerprint density at radius 3 is 1.27 bits per heavy atom. The maximum absolute atomic E-state index is 5.31. The molecule has 1 nitrogen and oxygen atoms in total. The second-order valence-electron chi connectivity index (χ2n) is 5.00. The average molecular weight is 210 g/mol. The van der Waals surface area contributed by atoms with Gasteiger partial charge in [-0.1, -0.05) is 41.5 Å². The molecule has 0 saturated carbocycles. The first-order valence-corrected chi connectivity index (χ1v) is 5.94. The molecule has 0 N–H and O–H groups in total. The Morgan fingerprint density at radius 1 is 0.667 bits per heavy atom. The molecular formula is C14H26O. The Labute approximate surface area is 95.2 Å². The molecule has 0 amide bonds. The summed E-state index contributed by atoms with van der Waals surface area (Å²) >= 11 is 0. The summed E-state index contributed by atoms with van der Waals surface area (Å²) in [5.41, 5.74) is 0. The van der Waals surface area contributed by atoms with Crippen LogP contribution in [0.4, 0.5) is 0 Å². The highest BCUT2D eigenvalue weighted by molar-refractivity contribution is 4.87. The maximum atomic E-state index is 5.31. The van der Waals surface area contributed by atoms with Crippen molar-refractivity contribution in [3.63, 3.8) is 0 Å². The molecule has 0 aromatic rings. The number of hydrogen-bond donors (Lipinski definition) is 0. The van der Waals surface area contributed by atoms with E-state index in [2.05, 4.69) is 53.7 Å². The van der Waals surface area contributed by atoms with Gasteiger partial charge in [0.1, 0.15) is 0 Å². The Morgan fingerprint density at radius 2 is 1.00 bits per heavy atom. The zero-order valence-electron chi connectivity index (χ0n) is 11.0. The summed E-state index contributed by atoms with van der Waals surface area (Å²) in [7, 11) is 0. The van der Waals surface area contributed by atoms with Crippen molar-refractivity contribution >= 4 is 0 Å². The van der Waals surface area contributed by atoms with Crippen molar-refractivity contribution in [1.82, 2.24) is 0 Å². The van der Waals surface area contributed by atoms with Crippen molar-refractivity contribution in [2.45, 2.75) is 41.5 Å². The third-order valence-corrected chi connectivity index (χ3v) is 3.02. The van der Waals surface area contributed by atoms with Gasteiger partial charge in [0, 0.05) is 0 Å². The monoisotopic (exact) mass is 210 g/mol. The highest BCUT2D eigenvalue weighted by atomic mass is 16.5. The highest BCUT2D eigenvalue weighted by Gasteiger charge is 2.02. The lowest BCUT2D eigenvalue weighted by Crippen LogP contribution is -2.00. The third-order valence-electron chi connectivity index (χ3n) is 3.02. The van der Waals surface area contributed by atoms with Crippen LogP contribution in [0, 0.1) is 23.7 Å². The molecule has 0 radical (unpaired) electrons. The van der Waals surface area contributed by atoms with Crippen LogP contribution in [0.5, 0.6) is 0 Å². The van der Waals surface area contributed by atoms with Gasteiger partial charge in [-0.3, -0.25) is 0 Å². The third kappa shape index (κ3) is 7.24. The Balaban J connectivity index is 3.79. The molecule has 0 aromatic carbocycles. The molecular weight excluding hydrogens is 184 g/mol. The summed E-state index contributed by atoms with van der Waals surface area (Å²) < 4.78 is 5.31. The first-order valence-electron chi connectivity index (χ1n) is 5.94. The zero-order chi connectivity index (χ0) is 11.8. The smallest absolute Gasteiger partial charge is 0.0864 e. The van der Waals surface area contributed by atoms with E-state index in [9.17, 15) is 0 Å². The SMILES string of the molecule is CC(C)C(C)/C=C/O/C=C/C(C)C(C)C. The minimum Gasteiger partial charge on any atom is -0.473 e. The fourth-order valence-electron chi connectivity index (χ4n) is 0.828. The fourth-order valence-corrected chi connectivity index (χ4v) is 0.828. The van der Waals surface area contributed by atoms with E-state index in [0.717, 1.165) is 0 Å². The van der Waals surface area contributed by atoms with E-state index in [4.69, 9.17) is 4.74 Å². The van der Waals surface area contributed by atoms with Gasteiger partial charge in [0.2, 0.25) is 0 Å². The predicted molar refractivity (Wildman–Crippen MR) is 67.4 cm³/mol. The molecule has 0 aliphatic heterocycles. The van der Waals surface area contributed by atoms with Crippen LogP contribution in [0.15, 0.2) is 24.7 Å². The van der Waals surface area contributed by atoms with E-state index in [-0.39, 0.29) is 0 Å². The van der Waals surface area contributed by atoms with Gasteiger partial charge in [0.05, 0.1) is 12.5 Å². The maximum Gasteiger partial charge on any atom is 0.0864 e. The molecule has 0 aliphatic carbocycles. The van der Waals surface area contributed by atoms with E-state index in [1.54, 1.807) is 12.5 Å². The average Bonchev–Trinajstić information content (AvgIpc) is 2.16. The van der Waals surface area contributed by atoms with Crippen LogP contribution in [0.2, 0.25) is 0 Å². The summed E-state index contributed by atoms with van der Waals surface area (Å²) in [6, 6.07) is 0. The van der Waals surface area contributed by atoms with Crippen LogP contribution in [0.1, 0.15) is 41.5 Å². The molecule has 0 bridgehead atoms.